The van der Waals surface area contributed by atoms with E-state index in [2.05, 4.69) is 19.2 Å². The van der Waals surface area contributed by atoms with Crippen LogP contribution in [0.5, 0.6) is 0 Å². The predicted molar refractivity (Wildman–Crippen MR) is 83.5 cm³/mol. The van der Waals surface area contributed by atoms with Gasteiger partial charge < -0.3 is 10.1 Å². The Morgan fingerprint density at radius 3 is 2.58 bits per heavy atom. The zero-order valence-corrected chi connectivity index (χ0v) is 13.4. The summed E-state index contributed by atoms with van der Waals surface area (Å²) in [6, 6.07) is 0. The van der Waals surface area contributed by atoms with E-state index in [0.717, 1.165) is 30.9 Å². The lowest BCUT2D eigenvalue weighted by molar-refractivity contribution is 0.148. The minimum atomic E-state index is 0.926. The Morgan fingerprint density at radius 2 is 1.89 bits per heavy atom. The van der Waals surface area contributed by atoms with Crippen LogP contribution in [0.25, 0.3) is 0 Å². The molecule has 0 spiro atoms. The minimum absolute atomic E-state index is 0.926. The second-order valence-corrected chi connectivity index (χ2v) is 6.28. The lowest BCUT2D eigenvalue weighted by Crippen LogP contribution is -2.33. The van der Waals surface area contributed by atoms with Crippen LogP contribution in [0.2, 0.25) is 0 Å². The van der Waals surface area contributed by atoms with Crippen LogP contribution in [-0.4, -0.2) is 26.8 Å². The van der Waals surface area contributed by atoms with Crippen LogP contribution < -0.4 is 5.32 Å². The van der Waals surface area contributed by atoms with E-state index in [0.29, 0.717) is 0 Å². The van der Waals surface area contributed by atoms with Gasteiger partial charge in [-0.25, -0.2) is 0 Å². The third kappa shape index (κ3) is 6.76. The lowest BCUT2D eigenvalue weighted by Gasteiger charge is -2.36. The fourth-order valence-corrected chi connectivity index (χ4v) is 3.70. The third-order valence-electron chi connectivity index (χ3n) is 4.78. The van der Waals surface area contributed by atoms with Gasteiger partial charge in [0.1, 0.15) is 0 Å². The van der Waals surface area contributed by atoms with Crippen LogP contribution in [0, 0.1) is 17.8 Å². The molecule has 1 saturated carbocycles. The molecule has 2 heteroatoms. The maximum atomic E-state index is 5.17. The highest BCUT2D eigenvalue weighted by Gasteiger charge is 2.29. The Bertz CT molecular complexity index is 207. The molecule has 19 heavy (non-hydrogen) atoms. The van der Waals surface area contributed by atoms with Crippen LogP contribution in [0.3, 0.4) is 0 Å². The normalized spacial score (nSPS) is 27.6. The zero-order chi connectivity index (χ0) is 13.9. The van der Waals surface area contributed by atoms with Crippen LogP contribution in [0.1, 0.15) is 65.2 Å². The second kappa shape index (κ2) is 10.7. The van der Waals surface area contributed by atoms with Crippen LogP contribution >= 0.6 is 0 Å². The van der Waals surface area contributed by atoms with Gasteiger partial charge in [0.05, 0.1) is 0 Å². The molecule has 0 saturated heterocycles. The van der Waals surface area contributed by atoms with Crippen molar-refractivity contribution < 1.29 is 4.74 Å². The third-order valence-corrected chi connectivity index (χ3v) is 4.78. The first-order valence-electron chi connectivity index (χ1n) is 8.51. The molecule has 1 fully saturated rings. The van der Waals surface area contributed by atoms with E-state index in [1.807, 2.05) is 7.11 Å². The van der Waals surface area contributed by atoms with Crippen molar-refractivity contribution in [3.63, 3.8) is 0 Å². The van der Waals surface area contributed by atoms with Crippen molar-refractivity contribution in [2.45, 2.75) is 65.2 Å². The maximum absolute atomic E-state index is 5.17. The summed E-state index contributed by atoms with van der Waals surface area (Å²) in [7, 11) is 1.81. The highest BCUT2D eigenvalue weighted by atomic mass is 16.5. The average molecular weight is 269 g/mol. The molecule has 1 aliphatic rings. The standard InChI is InChI=1S/C17H35NO/c1-4-8-15-10-11-17(14-18-5-2)16(13-15)9-6-7-12-19-3/h15-18H,4-14H2,1-3H3. The van der Waals surface area contributed by atoms with E-state index in [-0.39, 0.29) is 0 Å². The van der Waals surface area contributed by atoms with Gasteiger partial charge in [0, 0.05) is 13.7 Å². The van der Waals surface area contributed by atoms with Gasteiger partial charge in [-0.2, -0.15) is 0 Å². The van der Waals surface area contributed by atoms with Gasteiger partial charge in [-0.15, -0.1) is 0 Å². The van der Waals surface area contributed by atoms with Gasteiger partial charge in [0.25, 0.3) is 0 Å². The summed E-state index contributed by atoms with van der Waals surface area (Å²) in [6.07, 6.45) is 11.2. The molecule has 1 aliphatic carbocycles. The van der Waals surface area contributed by atoms with E-state index >= 15 is 0 Å². The van der Waals surface area contributed by atoms with Crippen molar-refractivity contribution in [2.24, 2.45) is 17.8 Å². The lowest BCUT2D eigenvalue weighted by atomic mass is 9.71. The first kappa shape index (κ1) is 17.0. The van der Waals surface area contributed by atoms with Crippen molar-refractivity contribution >= 4 is 0 Å². The number of ether oxygens (including phenoxy) is 1. The molecule has 114 valence electrons. The molecule has 2 nitrogen and oxygen atoms in total. The fourth-order valence-electron chi connectivity index (χ4n) is 3.70. The molecule has 0 bridgehead atoms. The highest BCUT2D eigenvalue weighted by molar-refractivity contribution is 4.81. The zero-order valence-electron chi connectivity index (χ0n) is 13.4. The SMILES string of the molecule is CCCC1CCC(CNCC)C(CCCCOC)C1. The van der Waals surface area contributed by atoms with Crippen LogP contribution in [-0.2, 0) is 4.74 Å². The molecule has 0 amide bonds. The molecule has 1 N–H and O–H groups in total. The Balaban J connectivity index is 2.35. The Morgan fingerprint density at radius 1 is 1.05 bits per heavy atom. The van der Waals surface area contributed by atoms with Gasteiger partial charge in [-0.05, 0) is 50.1 Å². The molecule has 0 heterocycles. The number of hydrogen-bond acceptors (Lipinski definition) is 2. The number of methoxy groups -OCH3 is 1. The number of nitrogens with one attached hydrogen (secondary N) is 1. The molecule has 0 radical (unpaired) electrons. The van der Waals surface area contributed by atoms with E-state index < -0.39 is 0 Å². The van der Waals surface area contributed by atoms with E-state index in [9.17, 15) is 0 Å². The molecular formula is C17H35NO. The summed E-state index contributed by atoms with van der Waals surface area (Å²) < 4.78 is 5.17. The monoisotopic (exact) mass is 269 g/mol. The Labute approximate surface area is 120 Å². The van der Waals surface area contributed by atoms with Crippen molar-refractivity contribution in [1.82, 2.24) is 5.32 Å². The first-order chi connectivity index (χ1) is 9.31. The van der Waals surface area contributed by atoms with Gasteiger partial charge in [0.15, 0.2) is 0 Å². The average Bonchev–Trinajstić information content (AvgIpc) is 2.43. The van der Waals surface area contributed by atoms with Gasteiger partial charge in [-0.1, -0.05) is 46.0 Å². The number of unbranched alkanes of at least 4 members (excludes halogenated alkanes) is 1. The van der Waals surface area contributed by atoms with Crippen molar-refractivity contribution in [3.8, 4) is 0 Å². The van der Waals surface area contributed by atoms with Crippen molar-refractivity contribution in [2.75, 3.05) is 26.8 Å². The first-order valence-corrected chi connectivity index (χ1v) is 8.51. The van der Waals surface area contributed by atoms with Gasteiger partial charge in [-0.3, -0.25) is 0 Å². The summed E-state index contributed by atoms with van der Waals surface area (Å²) in [5.41, 5.74) is 0. The van der Waals surface area contributed by atoms with Crippen LogP contribution in [0.15, 0.2) is 0 Å². The molecule has 3 atom stereocenters. The minimum Gasteiger partial charge on any atom is -0.385 e. The summed E-state index contributed by atoms with van der Waals surface area (Å²) in [6.45, 7) is 7.84. The van der Waals surface area contributed by atoms with E-state index in [4.69, 9.17) is 4.74 Å². The molecule has 0 aromatic heterocycles. The Hall–Kier alpha value is -0.0800. The molecule has 0 aromatic carbocycles. The highest BCUT2D eigenvalue weighted by Crippen LogP contribution is 2.38. The second-order valence-electron chi connectivity index (χ2n) is 6.28. The summed E-state index contributed by atoms with van der Waals surface area (Å²) in [5.74, 6) is 2.90. The summed E-state index contributed by atoms with van der Waals surface area (Å²) >= 11 is 0. The topological polar surface area (TPSA) is 21.3 Å². The molecule has 3 unspecified atom stereocenters. The smallest absolute Gasteiger partial charge is 0.0462 e. The van der Waals surface area contributed by atoms with Gasteiger partial charge >= 0.3 is 0 Å². The van der Waals surface area contributed by atoms with Gasteiger partial charge in [0.2, 0.25) is 0 Å². The maximum Gasteiger partial charge on any atom is 0.0462 e. The molecule has 0 aromatic rings. The Kier molecular flexibility index (Phi) is 9.54. The summed E-state index contributed by atoms with van der Waals surface area (Å²) in [4.78, 5) is 0. The quantitative estimate of drug-likeness (QED) is 0.599. The predicted octanol–water partition coefficient (Wildman–Crippen LogP) is 4.25. The molecular weight excluding hydrogens is 234 g/mol. The van der Waals surface area contributed by atoms with Crippen molar-refractivity contribution in [3.05, 3.63) is 0 Å². The molecule has 0 aliphatic heterocycles. The van der Waals surface area contributed by atoms with E-state index in [1.165, 1.54) is 57.9 Å². The largest absolute Gasteiger partial charge is 0.385 e. The van der Waals surface area contributed by atoms with E-state index in [1.54, 1.807) is 0 Å². The van der Waals surface area contributed by atoms with Crippen LogP contribution in [0.4, 0.5) is 0 Å². The molecule has 1 rings (SSSR count). The fraction of sp³-hybridized carbons (Fsp3) is 1.00. The number of hydrogen-bond donors (Lipinski definition) is 1. The number of rotatable bonds is 10. The summed E-state index contributed by atoms with van der Waals surface area (Å²) in [5, 5.41) is 3.57. The van der Waals surface area contributed by atoms with Crippen molar-refractivity contribution in [1.29, 1.82) is 0 Å².